The van der Waals surface area contributed by atoms with Crippen molar-refractivity contribution in [2.24, 2.45) is 0 Å². The molecule has 0 aliphatic carbocycles. The van der Waals surface area contributed by atoms with Crippen LogP contribution in [0.3, 0.4) is 0 Å². The van der Waals surface area contributed by atoms with Crippen molar-refractivity contribution in [1.29, 1.82) is 0 Å². The van der Waals surface area contributed by atoms with Gasteiger partial charge < -0.3 is 21.2 Å². The second-order valence-electron chi connectivity index (χ2n) is 4.08. The van der Waals surface area contributed by atoms with Gasteiger partial charge in [0.15, 0.2) is 0 Å². The van der Waals surface area contributed by atoms with Gasteiger partial charge in [0.2, 0.25) is 0 Å². The van der Waals surface area contributed by atoms with Gasteiger partial charge in [0, 0.05) is 18.6 Å². The van der Waals surface area contributed by atoms with E-state index in [0.29, 0.717) is 0 Å². The summed E-state index contributed by atoms with van der Waals surface area (Å²) in [6.07, 6.45) is 5.22. The van der Waals surface area contributed by atoms with Crippen molar-refractivity contribution in [3.63, 3.8) is 0 Å². The van der Waals surface area contributed by atoms with E-state index in [1.807, 2.05) is 50.6 Å². The number of rotatable bonds is 3. The minimum absolute atomic E-state index is 0. The van der Waals surface area contributed by atoms with E-state index in [1.54, 1.807) is 18.6 Å². The van der Waals surface area contributed by atoms with Gasteiger partial charge >= 0.3 is 40.3 Å². The summed E-state index contributed by atoms with van der Waals surface area (Å²) in [4.78, 5) is 0. The predicted molar refractivity (Wildman–Crippen MR) is 77.9 cm³/mol. The first kappa shape index (κ1) is 21.8. The molecule has 24 heavy (non-hydrogen) atoms. The van der Waals surface area contributed by atoms with Gasteiger partial charge in [0.1, 0.15) is 0 Å². The van der Waals surface area contributed by atoms with Gasteiger partial charge in [0.05, 0.1) is 0 Å². The Morgan fingerprint density at radius 1 is 0.667 bits per heavy atom. The van der Waals surface area contributed by atoms with Crippen LogP contribution < -0.4 is 0 Å². The largest absolute Gasteiger partial charge is 2.00 e. The molecule has 6 nitrogen and oxygen atoms in total. The molecule has 0 N–H and O–H groups in total. The molecule has 3 heterocycles. The van der Waals surface area contributed by atoms with E-state index < -0.39 is 19.3 Å². The third-order valence-electron chi connectivity index (χ3n) is 2.69. The fraction of sp³-hybridized carbons (Fsp3) is 0. The van der Waals surface area contributed by atoms with Gasteiger partial charge in [0.25, 0.3) is 0 Å². The molecule has 132 valence electrons. The van der Waals surface area contributed by atoms with E-state index >= 15 is 0 Å². The van der Waals surface area contributed by atoms with Crippen LogP contribution in [0.25, 0.3) is 0 Å². The Kier molecular flexibility index (Phi) is 9.64. The monoisotopic (exact) mass is 523 g/mol. The molecule has 0 bridgehead atoms. The number of halogens is 4. The van der Waals surface area contributed by atoms with E-state index in [2.05, 4.69) is 15.3 Å². The smallest absolute Gasteiger partial charge is 0.403 e. The van der Waals surface area contributed by atoms with Crippen molar-refractivity contribution in [3.8, 4) is 0 Å². The van der Waals surface area contributed by atoms with Crippen LogP contribution in [0.15, 0.2) is 67.5 Å². The van der Waals surface area contributed by atoms with Crippen LogP contribution in [-0.4, -0.2) is 36.2 Å². The summed E-state index contributed by atoms with van der Waals surface area (Å²) < 4.78 is 46.8. The fourth-order valence-corrected chi connectivity index (χ4v) is 1.85. The molecule has 3 aromatic heterocycles. The summed E-state index contributed by atoms with van der Waals surface area (Å²) in [5.74, 6) is 0. The molecular formula is C12H13BF4N6Pt. The second-order valence-corrected chi connectivity index (χ2v) is 4.08. The zero-order valence-corrected chi connectivity index (χ0v) is 14.7. The maximum Gasteiger partial charge on any atom is 2.00 e. The third-order valence-corrected chi connectivity index (χ3v) is 2.69. The molecular weight excluding hydrogens is 510 g/mol. The van der Waals surface area contributed by atoms with E-state index in [0.717, 1.165) is 0 Å². The summed E-state index contributed by atoms with van der Waals surface area (Å²) in [5, 5.41) is 12.8. The number of hydrogen-bond donors (Lipinski definition) is 0. The molecule has 0 radical (unpaired) electrons. The Bertz CT molecular complexity index is 603. The normalized spacial score (nSPS) is 9.38. The molecule has 0 fully saturated rings. The van der Waals surface area contributed by atoms with Crippen molar-refractivity contribution in [3.05, 3.63) is 75.0 Å². The summed E-state index contributed by atoms with van der Waals surface area (Å²) in [7, 11) is -1.12. The Labute approximate surface area is 150 Å². The van der Waals surface area contributed by atoms with Gasteiger partial charge in [-0.25, -0.2) is 15.3 Å². The summed E-state index contributed by atoms with van der Waals surface area (Å²) in [6.45, 7) is 0. The van der Waals surface area contributed by atoms with Crippen molar-refractivity contribution < 1.29 is 38.6 Å². The van der Waals surface area contributed by atoms with E-state index in [4.69, 9.17) is 0 Å². The Balaban J connectivity index is 0.000000581. The van der Waals surface area contributed by atoms with E-state index in [1.165, 1.54) is 0 Å². The molecule has 12 heteroatoms. The van der Waals surface area contributed by atoms with Gasteiger partial charge in [-0.1, -0.05) is 0 Å². The van der Waals surface area contributed by atoms with Crippen molar-refractivity contribution in [2.45, 2.75) is 0 Å². The van der Waals surface area contributed by atoms with E-state index in [9.17, 15) is 17.6 Å². The first-order chi connectivity index (χ1) is 10.6. The molecule has 0 atom stereocenters. The second kappa shape index (κ2) is 10.6. The quantitative estimate of drug-likeness (QED) is 0.301. The SMILES string of the molecule is FC(F)=C(F)F.[CH3-].[Pt+2].c1cnn([BH-](n2cccn2)n2cccn2)c1. The van der Waals surface area contributed by atoms with Crippen LogP contribution in [0.4, 0.5) is 17.6 Å². The van der Waals surface area contributed by atoms with Crippen LogP contribution in [0.1, 0.15) is 0 Å². The molecule has 0 saturated heterocycles. The molecule has 0 spiro atoms. The van der Waals surface area contributed by atoms with Crippen molar-refractivity contribution in [2.75, 3.05) is 0 Å². The molecule has 0 saturated carbocycles. The third kappa shape index (κ3) is 5.80. The number of hydrogen-bond acceptors (Lipinski definition) is 3. The van der Waals surface area contributed by atoms with Crippen molar-refractivity contribution in [1.82, 2.24) is 29.1 Å². The maximum atomic E-state index is 10.3. The summed E-state index contributed by atoms with van der Waals surface area (Å²) in [5.41, 5.74) is 0. The van der Waals surface area contributed by atoms with Crippen LogP contribution in [0, 0.1) is 7.43 Å². The predicted octanol–water partition coefficient (Wildman–Crippen LogP) is 2.38. The minimum atomic E-state index is -2.91. The van der Waals surface area contributed by atoms with Crippen LogP contribution >= 0.6 is 0 Å². The molecule has 0 aliphatic heterocycles. The first-order valence-corrected chi connectivity index (χ1v) is 6.10. The van der Waals surface area contributed by atoms with Crippen LogP contribution in [0.5, 0.6) is 0 Å². The average Bonchev–Trinajstić information content (AvgIpc) is 3.24. The Morgan fingerprint density at radius 3 is 1.12 bits per heavy atom. The molecule has 3 rings (SSSR count). The average molecular weight is 523 g/mol. The number of nitrogens with zero attached hydrogens (tertiary/aromatic N) is 6. The van der Waals surface area contributed by atoms with Crippen LogP contribution in [-0.2, 0) is 21.1 Å². The van der Waals surface area contributed by atoms with Gasteiger partial charge in [-0.15, -0.1) is 0 Å². The van der Waals surface area contributed by atoms with Crippen molar-refractivity contribution >= 4 is 7.12 Å². The summed E-state index contributed by atoms with van der Waals surface area (Å²) in [6, 6.07) is 5.69. The zero-order chi connectivity index (χ0) is 15.9. The zero-order valence-electron chi connectivity index (χ0n) is 12.4. The number of aromatic nitrogens is 6. The Hall–Kier alpha value is -2.16. The van der Waals surface area contributed by atoms with Gasteiger partial charge in [-0.05, 0) is 36.8 Å². The van der Waals surface area contributed by atoms with Gasteiger partial charge in [-0.3, -0.25) is 0 Å². The topological polar surface area (TPSA) is 53.5 Å². The molecule has 0 amide bonds. The Morgan fingerprint density at radius 2 is 0.958 bits per heavy atom. The molecule has 0 aliphatic rings. The van der Waals surface area contributed by atoms with Crippen LogP contribution in [0.2, 0.25) is 0 Å². The molecule has 0 unspecified atom stereocenters. The first-order valence-electron chi connectivity index (χ1n) is 6.10. The standard InChI is InChI=1S/C9H10BN6.C2F4.CH3.Pt/c1-4-11-14(7-1)10(15-8-2-5-12-15)16-9-3-6-13-16;3-1(4)2(5)6;;/h1-10H;;1H3;/q-1;;-1;+2. The maximum absolute atomic E-state index is 10.3. The minimum Gasteiger partial charge on any atom is -0.403 e. The molecule has 3 aromatic rings. The molecule has 0 aromatic carbocycles. The van der Waals surface area contributed by atoms with Gasteiger partial charge in [-0.2, -0.15) is 17.6 Å². The fourth-order valence-electron chi connectivity index (χ4n) is 1.85. The van der Waals surface area contributed by atoms with E-state index in [-0.39, 0.29) is 28.5 Å². The summed E-state index contributed by atoms with van der Waals surface area (Å²) >= 11 is 0.